The van der Waals surface area contributed by atoms with Crippen molar-refractivity contribution < 1.29 is 9.90 Å². The summed E-state index contributed by atoms with van der Waals surface area (Å²) in [4.78, 5) is 20.8. The molecule has 0 spiro atoms. The molecule has 0 unspecified atom stereocenters. The highest BCUT2D eigenvalue weighted by molar-refractivity contribution is 5.76. The van der Waals surface area contributed by atoms with Crippen molar-refractivity contribution in [2.24, 2.45) is 0 Å². The van der Waals surface area contributed by atoms with Gasteiger partial charge in [-0.15, -0.1) is 0 Å². The third-order valence-corrected chi connectivity index (χ3v) is 4.31. The Hall–Kier alpha value is -2.80. The Morgan fingerprint density at radius 1 is 1.28 bits per heavy atom. The van der Waals surface area contributed by atoms with Crippen LogP contribution in [0.1, 0.15) is 35.0 Å². The van der Waals surface area contributed by atoms with Crippen LogP contribution in [0, 0.1) is 13.8 Å². The summed E-state index contributed by atoms with van der Waals surface area (Å²) in [5.41, 5.74) is 3.67. The lowest BCUT2D eigenvalue weighted by Gasteiger charge is -2.17. The fourth-order valence-corrected chi connectivity index (χ4v) is 2.94. The number of aliphatic hydroxyl groups is 1. The number of fused-ring (bicyclic) bond motifs is 1. The minimum atomic E-state index is -0.396. The summed E-state index contributed by atoms with van der Waals surface area (Å²) < 4.78 is 1.68. The Labute approximate surface area is 145 Å². The van der Waals surface area contributed by atoms with Gasteiger partial charge in [-0.3, -0.25) is 4.79 Å². The molecule has 0 bridgehead atoms. The van der Waals surface area contributed by atoms with E-state index in [-0.39, 0.29) is 12.5 Å². The number of hydrogen-bond acceptors (Lipinski definition) is 5. The summed E-state index contributed by atoms with van der Waals surface area (Å²) in [5.74, 6) is 0.452. The second kappa shape index (κ2) is 7.40. The number of carbonyl (C=O) groups is 1. The molecular weight excluding hydrogens is 318 g/mol. The first-order valence-corrected chi connectivity index (χ1v) is 8.21. The van der Waals surface area contributed by atoms with Crippen molar-refractivity contribution in [3.8, 4) is 0 Å². The first kappa shape index (κ1) is 17.0. The topological polar surface area (TPSA) is 92.4 Å². The minimum absolute atomic E-state index is 0.111. The number of aliphatic hydroxyl groups excluding tert-OH is 1. The molecule has 3 rings (SSSR count). The standard InChI is InChI=1S/C18H21N5O2/c1-12-15(13(2)23-18(21-12)19-11-20-23)8-9-17(25)22-16(10-24)14-6-4-3-5-7-14/h3-7,11,16,24H,8-10H2,1-2H3,(H,22,25)/t16-/m1/s1. The van der Waals surface area contributed by atoms with Crippen molar-refractivity contribution in [3.63, 3.8) is 0 Å². The largest absolute Gasteiger partial charge is 0.394 e. The van der Waals surface area contributed by atoms with Crippen molar-refractivity contribution in [1.82, 2.24) is 24.9 Å². The van der Waals surface area contributed by atoms with E-state index < -0.39 is 6.04 Å². The van der Waals surface area contributed by atoms with E-state index in [1.807, 2.05) is 44.2 Å². The van der Waals surface area contributed by atoms with E-state index in [2.05, 4.69) is 20.4 Å². The Balaban J connectivity index is 1.68. The van der Waals surface area contributed by atoms with Gasteiger partial charge in [-0.1, -0.05) is 30.3 Å². The monoisotopic (exact) mass is 339 g/mol. The van der Waals surface area contributed by atoms with Gasteiger partial charge in [0.15, 0.2) is 0 Å². The van der Waals surface area contributed by atoms with Crippen molar-refractivity contribution in [1.29, 1.82) is 0 Å². The number of aromatic nitrogens is 4. The lowest BCUT2D eigenvalue weighted by atomic mass is 10.0. The van der Waals surface area contributed by atoms with Gasteiger partial charge in [0.05, 0.1) is 12.6 Å². The van der Waals surface area contributed by atoms with E-state index >= 15 is 0 Å². The summed E-state index contributed by atoms with van der Waals surface area (Å²) in [5, 5.41) is 16.6. The van der Waals surface area contributed by atoms with E-state index in [1.54, 1.807) is 4.52 Å². The van der Waals surface area contributed by atoms with Gasteiger partial charge < -0.3 is 10.4 Å². The number of nitrogens with zero attached hydrogens (tertiary/aromatic N) is 4. The summed E-state index contributed by atoms with van der Waals surface area (Å²) >= 11 is 0. The predicted molar refractivity (Wildman–Crippen MR) is 93.0 cm³/mol. The van der Waals surface area contributed by atoms with E-state index in [9.17, 15) is 9.90 Å². The molecule has 0 aliphatic rings. The second-order valence-electron chi connectivity index (χ2n) is 5.95. The molecule has 2 N–H and O–H groups in total. The molecule has 0 aliphatic carbocycles. The fourth-order valence-electron chi connectivity index (χ4n) is 2.94. The van der Waals surface area contributed by atoms with Crippen LogP contribution < -0.4 is 5.32 Å². The van der Waals surface area contributed by atoms with Gasteiger partial charge in [0.1, 0.15) is 6.33 Å². The van der Waals surface area contributed by atoms with E-state index in [0.29, 0.717) is 18.6 Å². The Morgan fingerprint density at radius 3 is 2.76 bits per heavy atom. The van der Waals surface area contributed by atoms with Gasteiger partial charge in [-0.05, 0) is 31.4 Å². The number of rotatable bonds is 6. The number of aryl methyl sites for hydroxylation is 2. The smallest absolute Gasteiger partial charge is 0.252 e. The molecular formula is C18H21N5O2. The zero-order chi connectivity index (χ0) is 17.8. The molecule has 0 fully saturated rings. The average molecular weight is 339 g/mol. The fraction of sp³-hybridized carbons (Fsp3) is 0.333. The zero-order valence-corrected chi connectivity index (χ0v) is 14.3. The quantitative estimate of drug-likeness (QED) is 0.710. The van der Waals surface area contributed by atoms with Gasteiger partial charge in [0.25, 0.3) is 5.78 Å². The van der Waals surface area contributed by atoms with Crippen LogP contribution in [0.3, 0.4) is 0 Å². The van der Waals surface area contributed by atoms with Gasteiger partial charge in [-0.2, -0.15) is 10.1 Å². The molecule has 2 aromatic heterocycles. The van der Waals surface area contributed by atoms with Crippen LogP contribution in [0.25, 0.3) is 5.78 Å². The molecule has 1 amide bonds. The zero-order valence-electron chi connectivity index (χ0n) is 14.3. The summed E-state index contributed by atoms with van der Waals surface area (Å²) in [6.45, 7) is 3.72. The number of nitrogens with one attached hydrogen (secondary N) is 1. The lowest BCUT2D eigenvalue weighted by molar-refractivity contribution is -0.122. The maximum atomic E-state index is 12.3. The van der Waals surface area contributed by atoms with Gasteiger partial charge >= 0.3 is 0 Å². The highest BCUT2D eigenvalue weighted by Crippen LogP contribution is 2.16. The van der Waals surface area contributed by atoms with Crippen LogP contribution in [0.2, 0.25) is 0 Å². The SMILES string of the molecule is Cc1nc2ncnn2c(C)c1CCC(=O)N[C@H](CO)c1ccccc1. The van der Waals surface area contributed by atoms with E-state index in [1.165, 1.54) is 6.33 Å². The van der Waals surface area contributed by atoms with E-state index in [0.717, 1.165) is 22.5 Å². The lowest BCUT2D eigenvalue weighted by Crippen LogP contribution is -2.31. The predicted octanol–water partition coefficient (Wildman–Crippen LogP) is 1.52. The van der Waals surface area contributed by atoms with E-state index in [4.69, 9.17) is 0 Å². The number of hydrogen-bond donors (Lipinski definition) is 2. The molecule has 2 heterocycles. The van der Waals surface area contributed by atoms with Crippen LogP contribution in [0.4, 0.5) is 0 Å². The first-order chi connectivity index (χ1) is 12.1. The highest BCUT2D eigenvalue weighted by Gasteiger charge is 2.16. The number of carbonyl (C=O) groups excluding carboxylic acids is 1. The second-order valence-corrected chi connectivity index (χ2v) is 5.95. The molecule has 0 saturated heterocycles. The number of benzene rings is 1. The van der Waals surface area contributed by atoms with Crippen LogP contribution >= 0.6 is 0 Å². The van der Waals surface area contributed by atoms with Crippen LogP contribution in [-0.4, -0.2) is 37.2 Å². The van der Waals surface area contributed by atoms with Crippen molar-refractivity contribution in [3.05, 3.63) is 59.2 Å². The maximum absolute atomic E-state index is 12.3. The molecule has 0 aliphatic heterocycles. The molecule has 3 aromatic rings. The molecule has 7 heteroatoms. The third-order valence-electron chi connectivity index (χ3n) is 4.31. The van der Waals surface area contributed by atoms with Gasteiger partial charge in [-0.25, -0.2) is 9.50 Å². The maximum Gasteiger partial charge on any atom is 0.252 e. The molecule has 1 atom stereocenters. The van der Waals surface area contributed by atoms with Crippen molar-refractivity contribution in [2.45, 2.75) is 32.7 Å². The van der Waals surface area contributed by atoms with Crippen LogP contribution in [0.15, 0.2) is 36.7 Å². The normalized spacial score (nSPS) is 12.3. The van der Waals surface area contributed by atoms with Crippen molar-refractivity contribution >= 4 is 11.7 Å². The number of amides is 1. The first-order valence-electron chi connectivity index (χ1n) is 8.21. The Bertz CT molecular complexity index is 876. The van der Waals surface area contributed by atoms with Gasteiger partial charge in [0, 0.05) is 17.8 Å². The highest BCUT2D eigenvalue weighted by atomic mass is 16.3. The average Bonchev–Trinajstić information content (AvgIpc) is 3.08. The minimum Gasteiger partial charge on any atom is -0.394 e. The molecule has 130 valence electrons. The summed E-state index contributed by atoms with van der Waals surface area (Å²) in [6.07, 6.45) is 2.34. The van der Waals surface area contributed by atoms with Crippen LogP contribution in [0.5, 0.6) is 0 Å². The Morgan fingerprint density at radius 2 is 2.04 bits per heavy atom. The Kier molecular flexibility index (Phi) is 5.04. The third kappa shape index (κ3) is 3.66. The molecule has 1 aromatic carbocycles. The molecule has 0 saturated carbocycles. The van der Waals surface area contributed by atoms with Crippen LogP contribution in [-0.2, 0) is 11.2 Å². The summed E-state index contributed by atoms with van der Waals surface area (Å²) in [6, 6.07) is 9.05. The molecule has 25 heavy (non-hydrogen) atoms. The van der Waals surface area contributed by atoms with Crippen molar-refractivity contribution in [2.75, 3.05) is 6.61 Å². The summed E-state index contributed by atoms with van der Waals surface area (Å²) in [7, 11) is 0. The van der Waals surface area contributed by atoms with Gasteiger partial charge in [0.2, 0.25) is 5.91 Å². The molecule has 7 nitrogen and oxygen atoms in total. The molecule has 0 radical (unpaired) electrons.